The number of carbonyl (C=O) groups is 2. The highest BCUT2D eigenvalue weighted by atomic mass is 19.1. The molecule has 1 saturated carbocycles. The molecule has 2 aliphatic rings. The van der Waals surface area contributed by atoms with Crippen molar-refractivity contribution in [3.05, 3.63) is 71.3 Å². The molecule has 2 aromatic carbocycles. The van der Waals surface area contributed by atoms with Crippen molar-refractivity contribution in [3.8, 4) is 0 Å². The fraction of sp³-hybridized carbons (Fsp3) is 0.364. The maximum atomic E-state index is 14.2. The smallest absolute Gasteiger partial charge is 0.230 e. The quantitative estimate of drug-likeness (QED) is 0.780. The van der Waals surface area contributed by atoms with Gasteiger partial charge in [0.15, 0.2) is 5.78 Å². The molecular weight excluding hydrogens is 362 g/mol. The molecule has 1 aliphatic carbocycles. The Balaban J connectivity index is 1.39. The van der Waals surface area contributed by atoms with E-state index >= 15 is 0 Å². The van der Waals surface area contributed by atoms with Crippen LogP contribution in [0, 0.1) is 17.6 Å². The average molecular weight is 384 g/mol. The Kier molecular flexibility index (Phi) is 4.75. The van der Waals surface area contributed by atoms with Crippen molar-refractivity contribution in [1.29, 1.82) is 0 Å². The Morgan fingerprint density at radius 2 is 1.93 bits per heavy atom. The Hall–Kier alpha value is -2.60. The number of rotatable bonds is 6. The van der Waals surface area contributed by atoms with Gasteiger partial charge in [0.25, 0.3) is 0 Å². The van der Waals surface area contributed by atoms with Gasteiger partial charge in [0.05, 0.1) is 12.5 Å². The third-order valence-electron chi connectivity index (χ3n) is 6.00. The summed E-state index contributed by atoms with van der Waals surface area (Å²) in [6.45, 7) is 0.857. The minimum atomic E-state index is -0.536. The molecule has 4 nitrogen and oxygen atoms in total. The molecule has 1 saturated heterocycles. The van der Waals surface area contributed by atoms with Crippen LogP contribution in [0.2, 0.25) is 0 Å². The average Bonchev–Trinajstić information content (AvgIpc) is 3.29. The molecule has 4 rings (SSSR count). The topological polar surface area (TPSA) is 49.4 Å². The van der Waals surface area contributed by atoms with Crippen molar-refractivity contribution in [1.82, 2.24) is 10.2 Å². The molecule has 146 valence electrons. The second kappa shape index (κ2) is 7.09. The van der Waals surface area contributed by atoms with E-state index in [9.17, 15) is 18.4 Å². The molecule has 2 aromatic rings. The number of hydrogen-bond donors (Lipinski definition) is 1. The van der Waals surface area contributed by atoms with Gasteiger partial charge in [0.2, 0.25) is 5.91 Å². The number of carbonyl (C=O) groups excluding carboxylic acids is 2. The highest BCUT2D eigenvalue weighted by Gasteiger charge is 2.65. The lowest BCUT2D eigenvalue weighted by molar-refractivity contribution is -0.135. The largest absolute Gasteiger partial charge is 0.341 e. The van der Waals surface area contributed by atoms with Crippen molar-refractivity contribution >= 4 is 11.7 Å². The first-order valence-corrected chi connectivity index (χ1v) is 9.40. The van der Waals surface area contributed by atoms with Crippen molar-refractivity contribution in [3.63, 3.8) is 0 Å². The molecule has 1 aliphatic heterocycles. The molecule has 2 fully saturated rings. The summed E-state index contributed by atoms with van der Waals surface area (Å²) in [5, 5.41) is 3.13. The van der Waals surface area contributed by atoms with E-state index in [-0.39, 0.29) is 24.0 Å². The second-order valence-corrected chi connectivity index (χ2v) is 7.83. The molecule has 1 N–H and O–H groups in total. The fourth-order valence-corrected chi connectivity index (χ4v) is 4.37. The summed E-state index contributed by atoms with van der Waals surface area (Å²) in [7, 11) is 1.67. The van der Waals surface area contributed by atoms with Gasteiger partial charge in [-0.25, -0.2) is 8.78 Å². The van der Waals surface area contributed by atoms with Crippen LogP contribution < -0.4 is 5.32 Å². The zero-order valence-corrected chi connectivity index (χ0v) is 15.6. The van der Waals surface area contributed by atoms with Gasteiger partial charge < -0.3 is 10.2 Å². The van der Waals surface area contributed by atoms with E-state index in [0.717, 1.165) is 17.7 Å². The van der Waals surface area contributed by atoms with Gasteiger partial charge in [-0.15, -0.1) is 0 Å². The van der Waals surface area contributed by atoms with Gasteiger partial charge in [-0.3, -0.25) is 9.59 Å². The number of halogens is 2. The molecule has 1 amide bonds. The van der Waals surface area contributed by atoms with Crippen molar-refractivity contribution in [2.24, 2.45) is 5.92 Å². The zero-order chi connectivity index (χ0) is 19.9. The number of nitrogens with zero attached hydrogens (tertiary/aromatic N) is 1. The lowest BCUT2D eigenvalue weighted by Crippen LogP contribution is -2.38. The first-order chi connectivity index (χ1) is 13.4. The predicted octanol–water partition coefficient (Wildman–Crippen LogP) is 2.81. The summed E-state index contributed by atoms with van der Waals surface area (Å²) in [5.74, 6) is -1.46. The van der Waals surface area contributed by atoms with E-state index in [4.69, 9.17) is 0 Å². The molecular formula is C22H22F2N2O2. The monoisotopic (exact) mass is 384 g/mol. The SMILES string of the molecule is CN(Cc1ccccc1)C(=O)CC(=O)C1NC[C@@]2(c3cc(F)ccc3F)CC12. The zero-order valence-electron chi connectivity index (χ0n) is 15.6. The van der Waals surface area contributed by atoms with E-state index in [1.54, 1.807) is 7.05 Å². The van der Waals surface area contributed by atoms with Gasteiger partial charge in [-0.2, -0.15) is 0 Å². The number of hydrogen-bond acceptors (Lipinski definition) is 3. The lowest BCUT2D eigenvalue weighted by Gasteiger charge is -2.18. The van der Waals surface area contributed by atoms with Crippen LogP contribution in [0.5, 0.6) is 0 Å². The molecule has 2 unspecified atom stereocenters. The number of benzene rings is 2. The summed E-state index contributed by atoms with van der Waals surface area (Å²) < 4.78 is 27.8. The molecule has 0 bridgehead atoms. The van der Waals surface area contributed by atoms with Crippen LogP contribution in [0.1, 0.15) is 24.0 Å². The Labute approximate surface area is 162 Å². The third-order valence-corrected chi connectivity index (χ3v) is 6.00. The lowest BCUT2D eigenvalue weighted by atomic mass is 9.92. The van der Waals surface area contributed by atoms with Crippen LogP contribution in [0.4, 0.5) is 8.78 Å². The first-order valence-electron chi connectivity index (χ1n) is 9.40. The number of piperidine rings is 1. The van der Waals surface area contributed by atoms with Crippen LogP contribution in [0.15, 0.2) is 48.5 Å². The summed E-state index contributed by atoms with van der Waals surface area (Å²) in [6, 6.07) is 12.5. The third kappa shape index (κ3) is 3.33. The van der Waals surface area contributed by atoms with E-state index in [1.165, 1.54) is 11.0 Å². The highest BCUT2D eigenvalue weighted by molar-refractivity contribution is 6.01. The predicted molar refractivity (Wildman–Crippen MR) is 100 cm³/mol. The maximum Gasteiger partial charge on any atom is 0.230 e. The molecule has 0 radical (unpaired) electrons. The van der Waals surface area contributed by atoms with Gasteiger partial charge >= 0.3 is 0 Å². The minimum absolute atomic E-state index is 0.0940. The number of nitrogens with one attached hydrogen (secondary N) is 1. The van der Waals surface area contributed by atoms with Gasteiger partial charge in [-0.05, 0) is 41.7 Å². The summed E-state index contributed by atoms with van der Waals surface area (Å²) >= 11 is 0. The molecule has 6 heteroatoms. The minimum Gasteiger partial charge on any atom is -0.341 e. The van der Waals surface area contributed by atoms with Crippen LogP contribution in [0.25, 0.3) is 0 Å². The van der Waals surface area contributed by atoms with E-state index in [2.05, 4.69) is 5.32 Å². The van der Waals surface area contributed by atoms with E-state index in [0.29, 0.717) is 25.1 Å². The standard InChI is InChI=1S/C22H22F2N2O2/c1-26(12-14-5-3-2-4-6-14)20(28)10-19(27)21-17-11-22(17,13-25-21)16-9-15(23)7-8-18(16)24/h2-9,17,21,25H,10-13H2,1H3/t17?,21?,22-/m1/s1. The van der Waals surface area contributed by atoms with Crippen molar-refractivity contribution in [2.75, 3.05) is 13.6 Å². The fourth-order valence-electron chi connectivity index (χ4n) is 4.37. The van der Waals surface area contributed by atoms with E-state index in [1.807, 2.05) is 30.3 Å². The number of fused-ring (bicyclic) bond motifs is 1. The maximum absolute atomic E-state index is 14.2. The van der Waals surface area contributed by atoms with Crippen LogP contribution in [-0.4, -0.2) is 36.2 Å². The van der Waals surface area contributed by atoms with Gasteiger partial charge in [-0.1, -0.05) is 30.3 Å². The number of amides is 1. The first kappa shape index (κ1) is 18.7. The normalized spacial score (nSPS) is 25.2. The number of Topliss-reactive ketones (excluding diaryl/α,β-unsaturated/α-hetero) is 1. The van der Waals surface area contributed by atoms with Crippen molar-refractivity contribution in [2.45, 2.75) is 30.8 Å². The molecule has 0 spiro atoms. The molecule has 3 atom stereocenters. The van der Waals surface area contributed by atoms with Crippen molar-refractivity contribution < 1.29 is 18.4 Å². The summed E-state index contributed by atoms with van der Waals surface area (Å²) in [5.41, 5.74) is 0.784. The second-order valence-electron chi connectivity index (χ2n) is 7.83. The number of ketones is 1. The molecule has 1 heterocycles. The summed E-state index contributed by atoms with van der Waals surface area (Å²) in [4.78, 5) is 26.7. The van der Waals surface area contributed by atoms with Gasteiger partial charge in [0.1, 0.15) is 11.6 Å². The van der Waals surface area contributed by atoms with Gasteiger partial charge in [0, 0.05) is 25.6 Å². The van der Waals surface area contributed by atoms with Crippen LogP contribution in [-0.2, 0) is 21.5 Å². The Morgan fingerprint density at radius 1 is 1.18 bits per heavy atom. The van der Waals surface area contributed by atoms with E-state index < -0.39 is 23.1 Å². The summed E-state index contributed by atoms with van der Waals surface area (Å²) in [6.07, 6.45) is 0.435. The highest BCUT2D eigenvalue weighted by Crippen LogP contribution is 2.59. The Morgan fingerprint density at radius 3 is 2.64 bits per heavy atom. The van der Waals surface area contributed by atoms with Crippen LogP contribution >= 0.6 is 0 Å². The molecule has 0 aromatic heterocycles. The van der Waals surface area contributed by atoms with Crippen LogP contribution in [0.3, 0.4) is 0 Å². The Bertz CT molecular complexity index is 918. The molecule has 28 heavy (non-hydrogen) atoms.